The molecule has 0 aliphatic rings. The summed E-state index contributed by atoms with van der Waals surface area (Å²) in [5, 5.41) is 4.28. The van der Waals surface area contributed by atoms with Crippen LogP contribution < -0.4 is 5.32 Å². The number of aromatic nitrogens is 2. The van der Waals surface area contributed by atoms with Gasteiger partial charge >= 0.3 is 0 Å². The van der Waals surface area contributed by atoms with Crippen LogP contribution in [0.3, 0.4) is 0 Å². The minimum Gasteiger partial charge on any atom is -0.325 e. The van der Waals surface area contributed by atoms with Crippen LogP contribution in [0, 0.1) is 6.92 Å². The van der Waals surface area contributed by atoms with Crippen LogP contribution in [-0.2, 0) is 4.79 Å². The van der Waals surface area contributed by atoms with Crippen LogP contribution in [0.2, 0.25) is 5.02 Å². The average molecular weight is 332 g/mol. The predicted octanol–water partition coefficient (Wildman–Crippen LogP) is 4.03. The lowest BCUT2D eigenvalue weighted by Crippen LogP contribution is -2.14. The number of hydrogen-bond donors (Lipinski definition) is 1. The van der Waals surface area contributed by atoms with E-state index < -0.39 is 0 Å². The number of benzene rings is 1. The first-order valence-electron chi connectivity index (χ1n) is 6.74. The fourth-order valence-corrected chi connectivity index (χ4v) is 2.97. The second kappa shape index (κ2) is 6.42. The van der Waals surface area contributed by atoms with Crippen LogP contribution in [0.5, 0.6) is 0 Å². The summed E-state index contributed by atoms with van der Waals surface area (Å²) >= 11 is 7.45. The quantitative estimate of drug-likeness (QED) is 0.734. The van der Waals surface area contributed by atoms with Crippen molar-refractivity contribution in [3.63, 3.8) is 0 Å². The smallest absolute Gasteiger partial charge is 0.234 e. The maximum Gasteiger partial charge on any atom is 0.234 e. The lowest BCUT2D eigenvalue weighted by atomic mass is 10.2. The normalized spacial score (nSPS) is 10.8. The highest BCUT2D eigenvalue weighted by Gasteiger charge is 2.08. The fraction of sp³-hybridized carbons (Fsp3) is 0.125. The van der Waals surface area contributed by atoms with Gasteiger partial charge in [0.05, 0.1) is 17.5 Å². The standard InChI is InChI=1S/C16H14ClN3OS/c1-11-5-6-12(8-14(11)17)19-15(21)10-22-16-18-9-13-4-2-3-7-20(13)16/h2-9H,10H2,1H3,(H,19,21). The number of amides is 1. The van der Waals surface area contributed by atoms with Gasteiger partial charge in [0.1, 0.15) is 0 Å². The Balaban J connectivity index is 1.63. The number of nitrogens with zero attached hydrogens (tertiary/aromatic N) is 2. The highest BCUT2D eigenvalue weighted by Crippen LogP contribution is 2.21. The number of aryl methyl sites for hydroxylation is 1. The Morgan fingerprint density at radius 2 is 2.23 bits per heavy atom. The molecule has 3 rings (SSSR count). The largest absolute Gasteiger partial charge is 0.325 e. The molecule has 0 atom stereocenters. The third-order valence-electron chi connectivity index (χ3n) is 3.19. The number of carbonyl (C=O) groups is 1. The molecule has 112 valence electrons. The van der Waals surface area contributed by atoms with Crippen molar-refractivity contribution in [3.05, 3.63) is 59.4 Å². The minimum atomic E-state index is -0.0856. The molecular weight excluding hydrogens is 318 g/mol. The summed E-state index contributed by atoms with van der Waals surface area (Å²) in [4.78, 5) is 16.4. The first-order chi connectivity index (χ1) is 10.6. The molecule has 1 N–H and O–H groups in total. The molecule has 0 radical (unpaired) electrons. The first kappa shape index (κ1) is 14.9. The number of anilines is 1. The maximum atomic E-state index is 12.0. The molecule has 0 bridgehead atoms. The molecule has 2 aromatic heterocycles. The molecule has 0 saturated heterocycles. The first-order valence-corrected chi connectivity index (χ1v) is 8.11. The zero-order valence-electron chi connectivity index (χ0n) is 11.9. The Hall–Kier alpha value is -1.98. The van der Waals surface area contributed by atoms with Gasteiger partial charge in [-0.05, 0) is 36.8 Å². The molecule has 22 heavy (non-hydrogen) atoms. The lowest BCUT2D eigenvalue weighted by Gasteiger charge is -2.06. The molecule has 0 fully saturated rings. The van der Waals surface area contributed by atoms with Gasteiger partial charge in [0.2, 0.25) is 5.91 Å². The van der Waals surface area contributed by atoms with Gasteiger partial charge < -0.3 is 5.32 Å². The molecule has 4 nitrogen and oxygen atoms in total. The summed E-state index contributed by atoms with van der Waals surface area (Å²) in [5.41, 5.74) is 2.70. The summed E-state index contributed by atoms with van der Waals surface area (Å²) in [7, 11) is 0. The van der Waals surface area contributed by atoms with Crippen LogP contribution in [-0.4, -0.2) is 21.0 Å². The van der Waals surface area contributed by atoms with Crippen molar-refractivity contribution in [3.8, 4) is 0 Å². The van der Waals surface area contributed by atoms with Crippen LogP contribution >= 0.6 is 23.4 Å². The Morgan fingerprint density at radius 3 is 3.05 bits per heavy atom. The number of fused-ring (bicyclic) bond motifs is 1. The van der Waals surface area contributed by atoms with E-state index in [1.807, 2.05) is 47.9 Å². The Kier molecular flexibility index (Phi) is 4.36. The van der Waals surface area contributed by atoms with Gasteiger partial charge in [0.25, 0.3) is 0 Å². The highest BCUT2D eigenvalue weighted by atomic mass is 35.5. The fourth-order valence-electron chi connectivity index (χ4n) is 2.02. The molecule has 0 saturated carbocycles. The number of pyridine rings is 1. The number of rotatable bonds is 4. The summed E-state index contributed by atoms with van der Waals surface area (Å²) < 4.78 is 1.96. The van der Waals surface area contributed by atoms with Crippen LogP contribution in [0.1, 0.15) is 5.56 Å². The Bertz CT molecular complexity index is 831. The van der Waals surface area contributed by atoms with Crippen LogP contribution in [0.4, 0.5) is 5.69 Å². The number of carbonyl (C=O) groups excluding carboxylic acids is 1. The maximum absolute atomic E-state index is 12.0. The van der Waals surface area contributed by atoms with E-state index in [2.05, 4.69) is 10.3 Å². The van der Waals surface area contributed by atoms with Crippen molar-refractivity contribution in [2.24, 2.45) is 0 Å². The van der Waals surface area contributed by atoms with E-state index in [1.54, 1.807) is 12.3 Å². The molecule has 1 aromatic carbocycles. The zero-order chi connectivity index (χ0) is 15.5. The van der Waals surface area contributed by atoms with Crippen molar-refractivity contribution in [2.75, 3.05) is 11.1 Å². The summed E-state index contributed by atoms with van der Waals surface area (Å²) in [6.45, 7) is 1.92. The van der Waals surface area contributed by atoms with Gasteiger partial charge in [-0.1, -0.05) is 35.5 Å². The minimum absolute atomic E-state index is 0.0856. The summed E-state index contributed by atoms with van der Waals surface area (Å²) in [5.74, 6) is 0.206. The van der Waals surface area contributed by atoms with Gasteiger partial charge in [-0.2, -0.15) is 0 Å². The topological polar surface area (TPSA) is 46.4 Å². The molecular formula is C16H14ClN3OS. The van der Waals surface area contributed by atoms with E-state index in [4.69, 9.17) is 11.6 Å². The van der Waals surface area contributed by atoms with Crippen molar-refractivity contribution in [1.82, 2.24) is 9.38 Å². The Labute approximate surface area is 137 Å². The lowest BCUT2D eigenvalue weighted by molar-refractivity contribution is -0.113. The average Bonchev–Trinajstić information content (AvgIpc) is 2.92. The SMILES string of the molecule is Cc1ccc(NC(=O)CSc2ncc3ccccn23)cc1Cl. The third kappa shape index (κ3) is 3.26. The van der Waals surface area contributed by atoms with E-state index >= 15 is 0 Å². The third-order valence-corrected chi connectivity index (χ3v) is 4.57. The van der Waals surface area contributed by atoms with E-state index in [9.17, 15) is 4.79 Å². The van der Waals surface area contributed by atoms with Crippen molar-refractivity contribution in [2.45, 2.75) is 12.1 Å². The molecule has 1 amide bonds. The number of nitrogens with one attached hydrogen (secondary N) is 1. The number of halogens is 1. The van der Waals surface area contributed by atoms with E-state index in [1.165, 1.54) is 11.8 Å². The molecule has 0 aliphatic heterocycles. The van der Waals surface area contributed by atoms with E-state index in [-0.39, 0.29) is 5.91 Å². The summed E-state index contributed by atoms with van der Waals surface area (Å²) in [6.07, 6.45) is 3.72. The van der Waals surface area contributed by atoms with Crippen LogP contribution in [0.25, 0.3) is 5.52 Å². The molecule has 0 aliphatic carbocycles. The predicted molar refractivity (Wildman–Crippen MR) is 90.7 cm³/mol. The second-order valence-corrected chi connectivity index (χ2v) is 6.19. The van der Waals surface area contributed by atoms with Crippen molar-refractivity contribution >= 4 is 40.5 Å². The molecule has 0 unspecified atom stereocenters. The molecule has 2 heterocycles. The van der Waals surface area contributed by atoms with Gasteiger partial charge in [0.15, 0.2) is 5.16 Å². The molecule has 0 spiro atoms. The van der Waals surface area contributed by atoms with Gasteiger partial charge in [-0.25, -0.2) is 4.98 Å². The second-order valence-electron chi connectivity index (χ2n) is 4.84. The number of hydrogen-bond acceptors (Lipinski definition) is 3. The van der Waals surface area contributed by atoms with Gasteiger partial charge in [-0.3, -0.25) is 9.20 Å². The zero-order valence-corrected chi connectivity index (χ0v) is 13.5. The highest BCUT2D eigenvalue weighted by molar-refractivity contribution is 7.99. The van der Waals surface area contributed by atoms with E-state index in [0.717, 1.165) is 16.2 Å². The van der Waals surface area contributed by atoms with Gasteiger partial charge in [-0.15, -0.1) is 0 Å². The Morgan fingerprint density at radius 1 is 1.36 bits per heavy atom. The number of imidazole rings is 1. The molecule has 3 aromatic rings. The summed E-state index contributed by atoms with van der Waals surface area (Å²) in [6, 6.07) is 11.4. The van der Waals surface area contributed by atoms with Crippen LogP contribution in [0.15, 0.2) is 53.9 Å². The van der Waals surface area contributed by atoms with E-state index in [0.29, 0.717) is 16.5 Å². The van der Waals surface area contributed by atoms with Gasteiger partial charge in [0, 0.05) is 16.9 Å². The van der Waals surface area contributed by atoms with Crippen molar-refractivity contribution in [1.29, 1.82) is 0 Å². The monoisotopic (exact) mass is 331 g/mol. The number of thioether (sulfide) groups is 1. The van der Waals surface area contributed by atoms with Crippen molar-refractivity contribution < 1.29 is 4.79 Å². The molecule has 6 heteroatoms.